The molecule has 0 spiro atoms. The zero-order valence-corrected chi connectivity index (χ0v) is 12.9. The van der Waals surface area contributed by atoms with Crippen LogP contribution in [0.4, 0.5) is 4.39 Å². The molecule has 2 rings (SSSR count). The lowest BCUT2D eigenvalue weighted by molar-refractivity contribution is 0.589. The number of rotatable bonds is 4. The maximum absolute atomic E-state index is 13.9. The summed E-state index contributed by atoms with van der Waals surface area (Å²) in [7, 11) is 0. The van der Waals surface area contributed by atoms with Crippen molar-refractivity contribution in [3.8, 4) is 11.1 Å². The van der Waals surface area contributed by atoms with E-state index < -0.39 is 0 Å². The van der Waals surface area contributed by atoms with E-state index in [1.807, 2.05) is 12.1 Å². The molecular formula is C16H16Cl2FN. The number of hydrogen-bond donors (Lipinski definition) is 1. The third-order valence-electron chi connectivity index (χ3n) is 2.99. The lowest BCUT2D eigenvalue weighted by Gasteiger charge is -2.12. The zero-order valence-electron chi connectivity index (χ0n) is 11.4. The van der Waals surface area contributed by atoms with Crippen molar-refractivity contribution < 1.29 is 4.39 Å². The van der Waals surface area contributed by atoms with Gasteiger partial charge in [0, 0.05) is 28.2 Å². The van der Waals surface area contributed by atoms with E-state index in [-0.39, 0.29) is 5.82 Å². The van der Waals surface area contributed by atoms with Crippen LogP contribution in [0.3, 0.4) is 0 Å². The van der Waals surface area contributed by atoms with Crippen LogP contribution in [0.15, 0.2) is 36.4 Å². The van der Waals surface area contributed by atoms with Gasteiger partial charge in [-0.2, -0.15) is 0 Å². The smallest absolute Gasteiger partial charge is 0.132 e. The van der Waals surface area contributed by atoms with Gasteiger partial charge in [0.2, 0.25) is 0 Å². The van der Waals surface area contributed by atoms with E-state index in [0.717, 1.165) is 11.1 Å². The minimum atomic E-state index is -0.331. The molecule has 0 heterocycles. The minimum Gasteiger partial charge on any atom is -0.310 e. The van der Waals surface area contributed by atoms with E-state index in [4.69, 9.17) is 23.2 Å². The fraction of sp³-hybridized carbons (Fsp3) is 0.250. The number of benzene rings is 2. The molecule has 0 radical (unpaired) electrons. The third kappa shape index (κ3) is 3.72. The first-order chi connectivity index (χ1) is 9.47. The molecule has 1 nitrogen and oxygen atoms in total. The number of nitrogens with one attached hydrogen (secondary N) is 1. The van der Waals surface area contributed by atoms with Crippen LogP contribution in [-0.4, -0.2) is 6.04 Å². The maximum atomic E-state index is 13.9. The summed E-state index contributed by atoms with van der Waals surface area (Å²) < 4.78 is 13.9. The minimum absolute atomic E-state index is 0.331. The monoisotopic (exact) mass is 311 g/mol. The van der Waals surface area contributed by atoms with Gasteiger partial charge in [0.25, 0.3) is 0 Å². The summed E-state index contributed by atoms with van der Waals surface area (Å²) in [6.45, 7) is 4.78. The van der Waals surface area contributed by atoms with Gasteiger partial charge in [0.05, 0.1) is 0 Å². The normalized spacial score (nSPS) is 11.1. The van der Waals surface area contributed by atoms with Crippen LogP contribution in [-0.2, 0) is 6.54 Å². The molecular weight excluding hydrogens is 296 g/mol. The van der Waals surface area contributed by atoms with E-state index in [1.165, 1.54) is 6.07 Å². The van der Waals surface area contributed by atoms with Crippen LogP contribution in [0.2, 0.25) is 10.0 Å². The Balaban J connectivity index is 2.35. The molecule has 0 fully saturated rings. The Kier molecular flexibility index (Phi) is 5.03. The highest BCUT2D eigenvalue weighted by Crippen LogP contribution is 2.28. The quantitative estimate of drug-likeness (QED) is 0.808. The summed E-state index contributed by atoms with van der Waals surface area (Å²) in [6, 6.07) is 10.6. The Morgan fingerprint density at radius 2 is 1.85 bits per heavy atom. The van der Waals surface area contributed by atoms with Crippen LogP contribution >= 0.6 is 23.2 Å². The summed E-state index contributed by atoms with van der Waals surface area (Å²) in [5.41, 5.74) is 2.27. The fourth-order valence-corrected chi connectivity index (χ4v) is 2.26. The molecule has 1 N–H and O–H groups in total. The van der Waals surface area contributed by atoms with Crippen LogP contribution < -0.4 is 5.32 Å². The summed E-state index contributed by atoms with van der Waals surface area (Å²) >= 11 is 12.0. The van der Waals surface area contributed by atoms with Gasteiger partial charge < -0.3 is 5.32 Å². The van der Waals surface area contributed by atoms with E-state index >= 15 is 0 Å². The molecule has 2 aromatic rings. The molecule has 20 heavy (non-hydrogen) atoms. The topological polar surface area (TPSA) is 12.0 Å². The van der Waals surface area contributed by atoms with Crippen molar-refractivity contribution in [1.29, 1.82) is 0 Å². The van der Waals surface area contributed by atoms with E-state index in [1.54, 1.807) is 18.2 Å². The van der Waals surface area contributed by atoms with Crippen molar-refractivity contribution >= 4 is 23.2 Å². The van der Waals surface area contributed by atoms with Crippen LogP contribution in [0, 0.1) is 5.82 Å². The predicted octanol–water partition coefficient (Wildman–Crippen LogP) is 5.30. The Hall–Kier alpha value is -1.09. The van der Waals surface area contributed by atoms with Gasteiger partial charge in [-0.1, -0.05) is 43.1 Å². The Morgan fingerprint density at radius 1 is 1.10 bits per heavy atom. The summed E-state index contributed by atoms with van der Waals surface area (Å²) in [6.07, 6.45) is 0. The van der Waals surface area contributed by atoms with Gasteiger partial charge in [-0.15, -0.1) is 0 Å². The molecule has 0 aliphatic heterocycles. The average Bonchev–Trinajstić information content (AvgIpc) is 2.38. The van der Waals surface area contributed by atoms with Crippen LogP contribution in [0.25, 0.3) is 11.1 Å². The molecule has 0 atom stereocenters. The van der Waals surface area contributed by atoms with Gasteiger partial charge in [-0.05, 0) is 41.5 Å². The van der Waals surface area contributed by atoms with E-state index in [0.29, 0.717) is 28.2 Å². The Labute approximate surface area is 128 Å². The van der Waals surface area contributed by atoms with Crippen LogP contribution in [0.5, 0.6) is 0 Å². The van der Waals surface area contributed by atoms with Crippen molar-refractivity contribution in [2.75, 3.05) is 0 Å². The molecule has 106 valence electrons. The largest absolute Gasteiger partial charge is 0.310 e. The van der Waals surface area contributed by atoms with Gasteiger partial charge in [-0.3, -0.25) is 0 Å². The van der Waals surface area contributed by atoms with Gasteiger partial charge >= 0.3 is 0 Å². The van der Waals surface area contributed by atoms with Crippen molar-refractivity contribution in [1.82, 2.24) is 5.32 Å². The first-order valence-electron chi connectivity index (χ1n) is 6.44. The number of hydrogen-bond acceptors (Lipinski definition) is 1. The molecule has 0 amide bonds. The summed E-state index contributed by atoms with van der Waals surface area (Å²) in [5, 5.41) is 4.37. The van der Waals surface area contributed by atoms with Crippen LogP contribution in [0.1, 0.15) is 19.4 Å². The highest BCUT2D eigenvalue weighted by Gasteiger charge is 2.09. The molecule has 0 aliphatic carbocycles. The molecule has 0 bridgehead atoms. The molecule has 0 unspecified atom stereocenters. The fourth-order valence-electron chi connectivity index (χ4n) is 1.92. The highest BCUT2D eigenvalue weighted by molar-refractivity contribution is 6.31. The van der Waals surface area contributed by atoms with E-state index in [2.05, 4.69) is 19.2 Å². The third-order valence-corrected chi connectivity index (χ3v) is 3.59. The highest BCUT2D eigenvalue weighted by atomic mass is 35.5. The molecule has 4 heteroatoms. The van der Waals surface area contributed by atoms with Gasteiger partial charge in [-0.25, -0.2) is 4.39 Å². The van der Waals surface area contributed by atoms with Crippen molar-refractivity contribution in [3.63, 3.8) is 0 Å². The molecule has 0 aliphatic rings. The standard InChI is InChI=1S/C16H16Cl2FN/c1-10(2)20-9-12-7-11(3-6-15(12)18)14-5-4-13(17)8-16(14)19/h3-8,10,20H,9H2,1-2H3. The second-order valence-electron chi connectivity index (χ2n) is 4.97. The first-order valence-corrected chi connectivity index (χ1v) is 7.20. The number of halogens is 3. The average molecular weight is 312 g/mol. The lowest BCUT2D eigenvalue weighted by Crippen LogP contribution is -2.22. The lowest BCUT2D eigenvalue weighted by atomic mass is 10.0. The van der Waals surface area contributed by atoms with E-state index in [9.17, 15) is 4.39 Å². The zero-order chi connectivity index (χ0) is 14.7. The van der Waals surface area contributed by atoms with Gasteiger partial charge in [0.15, 0.2) is 0 Å². The summed E-state index contributed by atoms with van der Waals surface area (Å²) in [4.78, 5) is 0. The SMILES string of the molecule is CC(C)NCc1cc(-c2ccc(Cl)cc2F)ccc1Cl. The van der Waals surface area contributed by atoms with Crippen molar-refractivity contribution in [2.45, 2.75) is 26.4 Å². The Morgan fingerprint density at radius 3 is 2.50 bits per heavy atom. The molecule has 0 aromatic heterocycles. The molecule has 2 aromatic carbocycles. The maximum Gasteiger partial charge on any atom is 0.132 e. The predicted molar refractivity (Wildman–Crippen MR) is 83.8 cm³/mol. The molecule has 0 saturated heterocycles. The molecule has 0 saturated carbocycles. The second-order valence-corrected chi connectivity index (χ2v) is 5.81. The Bertz CT molecular complexity index is 611. The van der Waals surface area contributed by atoms with Crippen molar-refractivity contribution in [2.24, 2.45) is 0 Å². The first kappa shape index (κ1) is 15.3. The van der Waals surface area contributed by atoms with Gasteiger partial charge in [0.1, 0.15) is 5.82 Å². The summed E-state index contributed by atoms with van der Waals surface area (Å²) in [5.74, 6) is -0.331. The second kappa shape index (κ2) is 6.57. The van der Waals surface area contributed by atoms with Crippen molar-refractivity contribution in [3.05, 3.63) is 57.8 Å².